The molecule has 3 aromatic rings. The summed E-state index contributed by atoms with van der Waals surface area (Å²) in [5, 5.41) is 15.2. The van der Waals surface area contributed by atoms with Gasteiger partial charge in [-0.25, -0.2) is 12.7 Å². The van der Waals surface area contributed by atoms with E-state index < -0.39 is 10.0 Å². The number of aliphatic hydroxyl groups excluding tert-OH is 1. The third kappa shape index (κ3) is 4.18. The third-order valence-corrected chi connectivity index (χ3v) is 8.72. The zero-order valence-electron chi connectivity index (χ0n) is 17.4. The number of sulfonamides is 1. The summed E-state index contributed by atoms with van der Waals surface area (Å²) >= 11 is 0. The normalized spacial score (nSPS) is 18.4. The number of nitrogens with zero attached hydrogens (tertiary/aromatic N) is 2. The molecule has 2 N–H and O–H groups in total. The zero-order valence-corrected chi connectivity index (χ0v) is 18.2. The first-order valence-corrected chi connectivity index (χ1v) is 12.4. The predicted octanol–water partition coefficient (Wildman–Crippen LogP) is 3.76. The standard InChI is InChI=1S/C24H27N3O3S/c28-16-17-2-1-3-18(12-17)20-13-19-6-9-25-15-23(19)24(14-20)26-21-7-10-27(11-8-21)31(29,30)22-4-5-22/h1-3,6,9,12-15,21-22,26,28H,4-5,7-8,10-11,16H2. The number of aliphatic hydroxyl groups is 1. The molecule has 0 radical (unpaired) electrons. The van der Waals surface area contributed by atoms with E-state index in [1.165, 1.54) is 0 Å². The topological polar surface area (TPSA) is 82.5 Å². The van der Waals surface area contributed by atoms with Crippen LogP contribution in [-0.2, 0) is 16.6 Å². The first kappa shape index (κ1) is 20.4. The van der Waals surface area contributed by atoms with E-state index in [2.05, 4.69) is 22.4 Å². The van der Waals surface area contributed by atoms with Crippen LogP contribution in [0.4, 0.5) is 5.69 Å². The Hall–Kier alpha value is -2.48. The number of hydrogen-bond acceptors (Lipinski definition) is 5. The lowest BCUT2D eigenvalue weighted by molar-refractivity contribution is 0.282. The van der Waals surface area contributed by atoms with Crippen molar-refractivity contribution < 1.29 is 13.5 Å². The van der Waals surface area contributed by atoms with E-state index in [0.29, 0.717) is 13.1 Å². The van der Waals surface area contributed by atoms with Crippen molar-refractivity contribution in [3.05, 3.63) is 60.4 Å². The lowest BCUT2D eigenvalue weighted by Gasteiger charge is -2.32. The van der Waals surface area contributed by atoms with Crippen LogP contribution in [0.15, 0.2) is 54.9 Å². The van der Waals surface area contributed by atoms with Crippen LogP contribution in [-0.4, -0.2) is 47.2 Å². The smallest absolute Gasteiger partial charge is 0.216 e. The van der Waals surface area contributed by atoms with E-state index in [1.807, 2.05) is 36.5 Å². The maximum Gasteiger partial charge on any atom is 0.216 e. The summed E-state index contributed by atoms with van der Waals surface area (Å²) in [7, 11) is -3.09. The SMILES string of the molecule is O=S(=O)(C1CC1)N1CCC(Nc2cc(-c3cccc(CO)c3)cc3ccncc23)CC1. The van der Waals surface area contributed by atoms with Gasteiger partial charge >= 0.3 is 0 Å². The number of nitrogens with one attached hydrogen (secondary N) is 1. The largest absolute Gasteiger partial charge is 0.392 e. The van der Waals surface area contributed by atoms with Gasteiger partial charge in [0.25, 0.3) is 0 Å². The molecule has 2 heterocycles. The molecule has 0 amide bonds. The van der Waals surface area contributed by atoms with Crippen LogP contribution in [0, 0.1) is 0 Å². The molecule has 2 aliphatic rings. The van der Waals surface area contributed by atoms with Crippen LogP contribution < -0.4 is 5.32 Å². The monoisotopic (exact) mass is 437 g/mol. The summed E-state index contributed by atoms with van der Waals surface area (Å²) in [6.07, 6.45) is 6.86. The van der Waals surface area contributed by atoms with Gasteiger partial charge in [-0.05, 0) is 72.0 Å². The Balaban J connectivity index is 1.40. The Kier molecular flexibility index (Phi) is 5.42. The summed E-state index contributed by atoms with van der Waals surface area (Å²) in [6.45, 7) is 1.16. The predicted molar refractivity (Wildman–Crippen MR) is 123 cm³/mol. The molecule has 1 saturated carbocycles. The molecule has 0 unspecified atom stereocenters. The van der Waals surface area contributed by atoms with Crippen LogP contribution in [0.5, 0.6) is 0 Å². The Labute approximate surface area is 183 Å². The van der Waals surface area contributed by atoms with Gasteiger partial charge < -0.3 is 10.4 Å². The molecule has 1 aliphatic heterocycles. The van der Waals surface area contributed by atoms with E-state index in [4.69, 9.17) is 0 Å². The van der Waals surface area contributed by atoms with E-state index in [0.717, 1.165) is 58.8 Å². The molecule has 5 rings (SSSR count). The molecule has 2 aromatic carbocycles. The molecule has 6 nitrogen and oxygen atoms in total. The van der Waals surface area contributed by atoms with Crippen molar-refractivity contribution in [3.63, 3.8) is 0 Å². The van der Waals surface area contributed by atoms with Crippen molar-refractivity contribution >= 4 is 26.5 Å². The van der Waals surface area contributed by atoms with Crippen molar-refractivity contribution in [1.82, 2.24) is 9.29 Å². The zero-order chi connectivity index (χ0) is 21.4. The highest BCUT2D eigenvalue weighted by molar-refractivity contribution is 7.90. The Morgan fingerprint density at radius 2 is 1.84 bits per heavy atom. The van der Waals surface area contributed by atoms with E-state index in [-0.39, 0.29) is 17.9 Å². The lowest BCUT2D eigenvalue weighted by Crippen LogP contribution is -2.43. The molecule has 0 atom stereocenters. The van der Waals surface area contributed by atoms with E-state index >= 15 is 0 Å². The van der Waals surface area contributed by atoms with Crippen LogP contribution in [0.3, 0.4) is 0 Å². The van der Waals surface area contributed by atoms with Crippen molar-refractivity contribution in [2.24, 2.45) is 0 Å². The highest BCUT2D eigenvalue weighted by atomic mass is 32.2. The maximum absolute atomic E-state index is 12.5. The fourth-order valence-corrected chi connectivity index (χ4v) is 6.26. The first-order chi connectivity index (χ1) is 15.0. The molecular weight excluding hydrogens is 410 g/mol. The Morgan fingerprint density at radius 3 is 2.58 bits per heavy atom. The fraction of sp³-hybridized carbons (Fsp3) is 0.375. The minimum Gasteiger partial charge on any atom is -0.392 e. The van der Waals surface area contributed by atoms with Gasteiger partial charge in [-0.1, -0.05) is 18.2 Å². The molecule has 2 fully saturated rings. The number of pyridine rings is 1. The molecule has 31 heavy (non-hydrogen) atoms. The van der Waals surface area contributed by atoms with Crippen molar-refractivity contribution in [2.75, 3.05) is 18.4 Å². The third-order valence-electron chi connectivity index (χ3n) is 6.32. The number of fused-ring (bicyclic) bond motifs is 1. The van der Waals surface area contributed by atoms with Crippen LogP contribution >= 0.6 is 0 Å². The molecular formula is C24H27N3O3S. The second kappa shape index (κ2) is 8.22. The van der Waals surface area contributed by atoms with Gasteiger partial charge in [0.15, 0.2) is 0 Å². The minimum absolute atomic E-state index is 0.0127. The Morgan fingerprint density at radius 1 is 1.03 bits per heavy atom. The molecule has 162 valence electrons. The molecule has 1 saturated heterocycles. The Bertz CT molecular complexity index is 1200. The number of rotatable bonds is 6. The summed E-state index contributed by atoms with van der Waals surface area (Å²) < 4.78 is 26.7. The molecule has 1 aromatic heterocycles. The highest BCUT2D eigenvalue weighted by Gasteiger charge is 2.41. The highest BCUT2D eigenvalue weighted by Crippen LogP contribution is 2.34. The number of anilines is 1. The molecule has 0 bridgehead atoms. The second-order valence-corrected chi connectivity index (χ2v) is 10.8. The van der Waals surface area contributed by atoms with E-state index in [1.54, 1.807) is 10.5 Å². The summed E-state index contributed by atoms with van der Waals surface area (Å²) in [5.41, 5.74) is 4.02. The summed E-state index contributed by atoms with van der Waals surface area (Å²) in [6, 6.07) is 14.4. The van der Waals surface area contributed by atoms with E-state index in [9.17, 15) is 13.5 Å². The van der Waals surface area contributed by atoms with Crippen molar-refractivity contribution in [2.45, 2.75) is 43.6 Å². The maximum atomic E-state index is 12.5. The number of piperidine rings is 1. The molecule has 0 spiro atoms. The number of hydrogen-bond donors (Lipinski definition) is 2. The second-order valence-electron chi connectivity index (χ2n) is 8.54. The van der Waals surface area contributed by atoms with Gasteiger partial charge in [-0.3, -0.25) is 4.98 Å². The van der Waals surface area contributed by atoms with Gasteiger partial charge in [-0.15, -0.1) is 0 Å². The fourth-order valence-electron chi connectivity index (χ4n) is 4.39. The number of benzene rings is 2. The molecule has 1 aliphatic carbocycles. The van der Waals surface area contributed by atoms with Gasteiger partial charge in [0.05, 0.1) is 11.9 Å². The van der Waals surface area contributed by atoms with Gasteiger partial charge in [0, 0.05) is 42.6 Å². The average molecular weight is 438 g/mol. The quantitative estimate of drug-likeness (QED) is 0.614. The summed E-state index contributed by atoms with van der Waals surface area (Å²) in [5.74, 6) is 0. The molecule has 7 heteroatoms. The summed E-state index contributed by atoms with van der Waals surface area (Å²) in [4.78, 5) is 4.31. The minimum atomic E-state index is -3.09. The van der Waals surface area contributed by atoms with Gasteiger partial charge in [0.1, 0.15) is 0 Å². The van der Waals surface area contributed by atoms with Crippen molar-refractivity contribution in [1.29, 1.82) is 0 Å². The van der Waals surface area contributed by atoms with Crippen molar-refractivity contribution in [3.8, 4) is 11.1 Å². The first-order valence-electron chi connectivity index (χ1n) is 10.9. The van der Waals surface area contributed by atoms with Gasteiger partial charge in [0.2, 0.25) is 10.0 Å². The lowest BCUT2D eigenvalue weighted by atomic mass is 9.98. The average Bonchev–Trinajstić information content (AvgIpc) is 3.66. The van der Waals surface area contributed by atoms with Crippen LogP contribution in [0.2, 0.25) is 0 Å². The van der Waals surface area contributed by atoms with Gasteiger partial charge in [-0.2, -0.15) is 0 Å². The van der Waals surface area contributed by atoms with Crippen LogP contribution in [0.25, 0.3) is 21.9 Å². The van der Waals surface area contributed by atoms with Crippen LogP contribution in [0.1, 0.15) is 31.2 Å². The number of aromatic nitrogens is 1.